The van der Waals surface area contributed by atoms with Gasteiger partial charge in [0.15, 0.2) is 0 Å². The summed E-state index contributed by atoms with van der Waals surface area (Å²) in [7, 11) is 1.99. The van der Waals surface area contributed by atoms with Crippen molar-refractivity contribution in [1.29, 1.82) is 0 Å². The number of nitrogens with two attached hydrogens (primary N) is 1. The van der Waals surface area contributed by atoms with Gasteiger partial charge in [0.1, 0.15) is 0 Å². The van der Waals surface area contributed by atoms with Crippen LogP contribution in [-0.4, -0.2) is 27.8 Å². The van der Waals surface area contributed by atoms with Gasteiger partial charge >= 0.3 is 0 Å². The maximum absolute atomic E-state index is 6.13. The quantitative estimate of drug-likeness (QED) is 0.883. The van der Waals surface area contributed by atoms with E-state index in [-0.39, 0.29) is 6.04 Å². The highest BCUT2D eigenvalue weighted by atomic mass is 32.2. The number of thioether (sulfide) groups is 1. The lowest BCUT2D eigenvalue weighted by Gasteiger charge is -2.08. The minimum atomic E-state index is 0.209. The van der Waals surface area contributed by atoms with E-state index in [1.165, 1.54) is 10.9 Å². The third kappa shape index (κ3) is 2.82. The molecule has 1 atom stereocenters. The number of fused-ring (bicyclic) bond motifs is 1. The molecule has 2 aromatic rings. The molecule has 0 radical (unpaired) electrons. The fourth-order valence-electron chi connectivity index (χ4n) is 2.06. The van der Waals surface area contributed by atoms with Crippen molar-refractivity contribution < 1.29 is 0 Å². The summed E-state index contributed by atoms with van der Waals surface area (Å²) < 4.78 is 1.94. The molecule has 0 spiro atoms. The van der Waals surface area contributed by atoms with Crippen LogP contribution in [0.4, 0.5) is 0 Å². The van der Waals surface area contributed by atoms with Gasteiger partial charge < -0.3 is 5.73 Å². The van der Waals surface area contributed by atoms with Crippen LogP contribution in [0.3, 0.4) is 0 Å². The maximum Gasteiger partial charge on any atom is 0.0718 e. The smallest absolute Gasteiger partial charge is 0.0718 e. The fourth-order valence-corrected chi connectivity index (χ4v) is 2.60. The van der Waals surface area contributed by atoms with Crippen molar-refractivity contribution in [1.82, 2.24) is 9.78 Å². The Bertz CT molecular complexity index is 492. The SMILES string of the molecule is CSCCC(N)Cc1nn(C)c2ccccc12. The number of benzene rings is 1. The fraction of sp³-hybridized carbons (Fsp3) is 0.462. The van der Waals surface area contributed by atoms with E-state index in [1.54, 1.807) is 0 Å². The van der Waals surface area contributed by atoms with Crippen LogP contribution < -0.4 is 5.73 Å². The van der Waals surface area contributed by atoms with E-state index in [4.69, 9.17) is 5.73 Å². The average Bonchev–Trinajstić information content (AvgIpc) is 2.65. The van der Waals surface area contributed by atoms with Gasteiger partial charge in [-0.25, -0.2) is 0 Å². The summed E-state index contributed by atoms with van der Waals surface area (Å²) in [6, 6.07) is 8.53. The summed E-state index contributed by atoms with van der Waals surface area (Å²) in [5, 5.41) is 5.80. The number of hydrogen-bond donors (Lipinski definition) is 1. The van der Waals surface area contributed by atoms with Crippen molar-refractivity contribution >= 4 is 22.7 Å². The summed E-state index contributed by atoms with van der Waals surface area (Å²) >= 11 is 1.84. The Kier molecular flexibility index (Phi) is 4.07. The highest BCUT2D eigenvalue weighted by Crippen LogP contribution is 2.19. The Labute approximate surface area is 106 Å². The minimum Gasteiger partial charge on any atom is -0.327 e. The van der Waals surface area contributed by atoms with E-state index in [1.807, 2.05) is 29.6 Å². The first-order chi connectivity index (χ1) is 8.22. The van der Waals surface area contributed by atoms with Crippen molar-refractivity contribution in [2.75, 3.05) is 12.0 Å². The topological polar surface area (TPSA) is 43.8 Å². The van der Waals surface area contributed by atoms with Gasteiger partial charge in [-0.1, -0.05) is 18.2 Å². The normalized spacial score (nSPS) is 13.1. The van der Waals surface area contributed by atoms with Crippen molar-refractivity contribution in [3.63, 3.8) is 0 Å². The molecule has 1 aromatic carbocycles. The number of nitrogens with zero attached hydrogens (tertiary/aromatic N) is 2. The Balaban J connectivity index is 2.18. The third-order valence-corrected chi connectivity index (χ3v) is 3.63. The summed E-state index contributed by atoms with van der Waals surface area (Å²) in [6.45, 7) is 0. The number of para-hydroxylation sites is 1. The second-order valence-electron chi connectivity index (χ2n) is 4.33. The van der Waals surface area contributed by atoms with E-state index in [9.17, 15) is 0 Å². The van der Waals surface area contributed by atoms with Gasteiger partial charge in [-0.15, -0.1) is 0 Å². The molecule has 17 heavy (non-hydrogen) atoms. The molecule has 1 unspecified atom stereocenters. The highest BCUT2D eigenvalue weighted by Gasteiger charge is 2.11. The lowest BCUT2D eigenvalue weighted by Crippen LogP contribution is -2.23. The Hall–Kier alpha value is -1.00. The highest BCUT2D eigenvalue weighted by molar-refractivity contribution is 7.98. The molecule has 0 saturated carbocycles. The van der Waals surface area contributed by atoms with Gasteiger partial charge in [-0.05, 0) is 24.5 Å². The van der Waals surface area contributed by atoms with Gasteiger partial charge in [0.2, 0.25) is 0 Å². The number of aryl methyl sites for hydroxylation is 1. The Morgan fingerprint density at radius 1 is 1.41 bits per heavy atom. The van der Waals surface area contributed by atoms with Crippen LogP contribution in [0.2, 0.25) is 0 Å². The lowest BCUT2D eigenvalue weighted by molar-refractivity contribution is 0.632. The molecule has 92 valence electrons. The Morgan fingerprint density at radius 3 is 2.94 bits per heavy atom. The molecule has 0 aliphatic heterocycles. The van der Waals surface area contributed by atoms with E-state index in [0.717, 1.165) is 24.3 Å². The number of aromatic nitrogens is 2. The zero-order valence-corrected chi connectivity index (χ0v) is 11.2. The van der Waals surface area contributed by atoms with Crippen molar-refractivity contribution in [2.45, 2.75) is 18.9 Å². The van der Waals surface area contributed by atoms with Crippen LogP contribution in [0.15, 0.2) is 24.3 Å². The maximum atomic E-state index is 6.13. The molecule has 3 nitrogen and oxygen atoms in total. The van der Waals surface area contributed by atoms with Crippen molar-refractivity contribution in [2.24, 2.45) is 12.8 Å². The predicted molar refractivity (Wildman–Crippen MR) is 75.4 cm³/mol. The summed E-state index contributed by atoms with van der Waals surface area (Å²) in [6.07, 6.45) is 4.02. The van der Waals surface area contributed by atoms with Crippen molar-refractivity contribution in [3.05, 3.63) is 30.0 Å². The van der Waals surface area contributed by atoms with Crippen LogP contribution in [0.1, 0.15) is 12.1 Å². The molecule has 1 aromatic heterocycles. The van der Waals surface area contributed by atoms with E-state index >= 15 is 0 Å². The average molecular weight is 249 g/mol. The molecule has 1 heterocycles. The molecule has 4 heteroatoms. The minimum absolute atomic E-state index is 0.209. The van der Waals surface area contributed by atoms with Crippen LogP contribution in [0.25, 0.3) is 10.9 Å². The lowest BCUT2D eigenvalue weighted by atomic mass is 10.1. The molecular weight excluding hydrogens is 230 g/mol. The first-order valence-corrected chi connectivity index (χ1v) is 7.27. The monoisotopic (exact) mass is 249 g/mol. The third-order valence-electron chi connectivity index (χ3n) is 2.98. The summed E-state index contributed by atoms with van der Waals surface area (Å²) in [4.78, 5) is 0. The standard InChI is InChI=1S/C13H19N3S/c1-16-13-6-4-3-5-11(13)12(15-16)9-10(14)7-8-17-2/h3-6,10H,7-9,14H2,1-2H3. The molecule has 2 N–H and O–H groups in total. The van der Waals surface area contributed by atoms with Gasteiger partial charge in [0, 0.05) is 24.9 Å². The van der Waals surface area contributed by atoms with Gasteiger partial charge in [0.05, 0.1) is 11.2 Å². The number of rotatable bonds is 5. The first kappa shape index (κ1) is 12.5. The van der Waals surface area contributed by atoms with Crippen LogP contribution in [0, 0.1) is 0 Å². The zero-order chi connectivity index (χ0) is 12.3. The summed E-state index contributed by atoms with van der Waals surface area (Å²) in [5.74, 6) is 1.12. The van der Waals surface area contributed by atoms with E-state index in [2.05, 4.69) is 29.6 Å². The second-order valence-corrected chi connectivity index (χ2v) is 5.32. The molecular formula is C13H19N3S. The molecule has 0 aliphatic rings. The summed E-state index contributed by atoms with van der Waals surface area (Å²) in [5.41, 5.74) is 8.43. The number of hydrogen-bond acceptors (Lipinski definition) is 3. The van der Waals surface area contributed by atoms with Gasteiger partial charge in [-0.3, -0.25) is 4.68 Å². The molecule has 2 rings (SSSR count). The molecule has 0 fully saturated rings. The van der Waals surface area contributed by atoms with E-state index in [0.29, 0.717) is 0 Å². The largest absolute Gasteiger partial charge is 0.327 e. The Morgan fingerprint density at radius 2 is 2.18 bits per heavy atom. The van der Waals surface area contributed by atoms with Crippen LogP contribution >= 0.6 is 11.8 Å². The van der Waals surface area contributed by atoms with Gasteiger partial charge in [-0.2, -0.15) is 16.9 Å². The van der Waals surface area contributed by atoms with Crippen molar-refractivity contribution in [3.8, 4) is 0 Å². The zero-order valence-electron chi connectivity index (χ0n) is 10.4. The van der Waals surface area contributed by atoms with Crippen LogP contribution in [0.5, 0.6) is 0 Å². The van der Waals surface area contributed by atoms with E-state index < -0.39 is 0 Å². The second kappa shape index (κ2) is 5.56. The predicted octanol–water partition coefficient (Wildman–Crippen LogP) is 2.20. The first-order valence-electron chi connectivity index (χ1n) is 5.87. The molecule has 0 bridgehead atoms. The van der Waals surface area contributed by atoms with Crippen LogP contribution in [-0.2, 0) is 13.5 Å². The molecule has 0 aliphatic carbocycles. The van der Waals surface area contributed by atoms with Gasteiger partial charge in [0.25, 0.3) is 0 Å². The molecule has 0 saturated heterocycles. The molecule has 0 amide bonds.